The van der Waals surface area contributed by atoms with Crippen LogP contribution in [-0.2, 0) is 13.5 Å². The molecule has 2 rings (SSSR count). The summed E-state index contributed by atoms with van der Waals surface area (Å²) in [5.41, 5.74) is 2.39. The lowest BCUT2D eigenvalue weighted by atomic mass is 10.0. The predicted molar refractivity (Wildman–Crippen MR) is 82.6 cm³/mol. The fraction of sp³-hybridized carbons (Fsp3) is 0.357. The van der Waals surface area contributed by atoms with Gasteiger partial charge < -0.3 is 5.32 Å². The monoisotopic (exact) mass is 359 g/mol. The molecule has 20 heavy (non-hydrogen) atoms. The maximum atomic E-state index is 14.4. The second-order valence-corrected chi connectivity index (χ2v) is 5.76. The topological polar surface area (TPSA) is 29.9 Å². The lowest BCUT2D eigenvalue weighted by Crippen LogP contribution is -2.21. The Kier molecular flexibility index (Phi) is 4.83. The molecule has 0 aliphatic rings. The summed E-state index contributed by atoms with van der Waals surface area (Å²) in [5.74, 6) is -0.417. The quantitative estimate of drug-likeness (QED) is 0.839. The number of rotatable bonds is 4. The van der Waals surface area contributed by atoms with E-state index in [1.807, 2.05) is 20.0 Å². The smallest absolute Gasteiger partial charge is 0.148 e. The van der Waals surface area contributed by atoms with Gasteiger partial charge >= 0.3 is 0 Å². The predicted octanol–water partition coefficient (Wildman–Crippen LogP) is 3.85. The van der Waals surface area contributed by atoms with Crippen LogP contribution in [0.4, 0.5) is 4.39 Å². The van der Waals surface area contributed by atoms with E-state index >= 15 is 0 Å². The molecule has 1 unspecified atom stereocenters. The summed E-state index contributed by atoms with van der Waals surface area (Å²) in [7, 11) is 3.65. The van der Waals surface area contributed by atoms with Gasteiger partial charge in [0.25, 0.3) is 0 Å². The summed E-state index contributed by atoms with van der Waals surface area (Å²) >= 11 is 9.20. The summed E-state index contributed by atoms with van der Waals surface area (Å²) < 4.78 is 16.7. The van der Waals surface area contributed by atoms with E-state index in [9.17, 15) is 4.39 Å². The largest absolute Gasteiger partial charge is 0.308 e. The van der Waals surface area contributed by atoms with E-state index in [-0.39, 0.29) is 11.1 Å². The first-order valence-corrected chi connectivity index (χ1v) is 7.50. The average Bonchev–Trinajstić information content (AvgIpc) is 2.81. The highest BCUT2D eigenvalue weighted by atomic mass is 79.9. The van der Waals surface area contributed by atoms with Crippen molar-refractivity contribution >= 4 is 27.5 Å². The number of hydrogen-bond donors (Lipinski definition) is 1. The third-order valence-electron chi connectivity index (χ3n) is 3.29. The minimum Gasteiger partial charge on any atom is -0.308 e. The van der Waals surface area contributed by atoms with Crippen LogP contribution in [0.2, 0.25) is 5.02 Å². The van der Waals surface area contributed by atoms with Gasteiger partial charge in [-0.25, -0.2) is 4.39 Å². The lowest BCUT2D eigenvalue weighted by Gasteiger charge is -2.18. The maximum Gasteiger partial charge on any atom is 0.148 e. The molecule has 0 saturated heterocycles. The van der Waals surface area contributed by atoms with Gasteiger partial charge in [0.05, 0.1) is 22.5 Å². The minimum atomic E-state index is -0.417. The van der Waals surface area contributed by atoms with Crippen molar-refractivity contribution in [1.29, 1.82) is 0 Å². The molecular weight excluding hydrogens is 345 g/mol. The molecule has 1 atom stereocenters. The lowest BCUT2D eigenvalue weighted by molar-refractivity contribution is 0.551. The van der Waals surface area contributed by atoms with Crippen LogP contribution in [-0.4, -0.2) is 16.8 Å². The van der Waals surface area contributed by atoms with E-state index in [4.69, 9.17) is 11.6 Å². The Hall–Kier alpha value is -0.910. The van der Waals surface area contributed by atoms with E-state index in [1.54, 1.807) is 23.9 Å². The molecule has 0 fully saturated rings. The highest BCUT2D eigenvalue weighted by Crippen LogP contribution is 2.32. The van der Waals surface area contributed by atoms with Crippen LogP contribution < -0.4 is 5.32 Å². The molecule has 0 spiro atoms. The SMILES string of the molecule is CCc1cc(C(NC)c2ccc(Br)c(Cl)c2F)n(C)n1. The molecule has 0 bridgehead atoms. The Balaban J connectivity index is 2.52. The zero-order chi connectivity index (χ0) is 14.9. The van der Waals surface area contributed by atoms with Crippen LogP contribution in [0, 0.1) is 5.82 Å². The fourth-order valence-electron chi connectivity index (χ4n) is 2.21. The highest BCUT2D eigenvalue weighted by Gasteiger charge is 2.22. The zero-order valence-corrected chi connectivity index (χ0v) is 13.9. The molecule has 0 saturated carbocycles. The molecule has 1 aromatic carbocycles. The summed E-state index contributed by atoms with van der Waals surface area (Å²) in [4.78, 5) is 0. The van der Waals surface area contributed by atoms with Crippen LogP contribution in [0.25, 0.3) is 0 Å². The van der Waals surface area contributed by atoms with Crippen molar-refractivity contribution in [2.45, 2.75) is 19.4 Å². The van der Waals surface area contributed by atoms with Crippen molar-refractivity contribution in [3.05, 3.63) is 50.5 Å². The van der Waals surface area contributed by atoms with E-state index in [1.165, 1.54) is 0 Å². The standard InChI is InChI=1S/C14H16BrClFN3/c1-4-8-7-11(20(3)19-8)14(18-2)9-5-6-10(15)12(16)13(9)17/h5-7,14,18H,4H2,1-3H3. The van der Waals surface area contributed by atoms with Gasteiger partial charge in [0.2, 0.25) is 0 Å². The summed E-state index contributed by atoms with van der Waals surface area (Å²) in [6.45, 7) is 2.04. The first-order chi connectivity index (χ1) is 9.49. The van der Waals surface area contributed by atoms with Crippen molar-refractivity contribution in [3.63, 3.8) is 0 Å². The number of hydrogen-bond acceptors (Lipinski definition) is 2. The number of aromatic nitrogens is 2. The molecule has 6 heteroatoms. The van der Waals surface area contributed by atoms with Gasteiger partial charge in [-0.1, -0.05) is 24.6 Å². The van der Waals surface area contributed by atoms with E-state index in [2.05, 4.69) is 26.3 Å². The molecule has 0 radical (unpaired) electrons. The second kappa shape index (κ2) is 6.24. The molecule has 0 aliphatic carbocycles. The Morgan fingerprint density at radius 1 is 1.50 bits per heavy atom. The molecule has 0 aliphatic heterocycles. The average molecular weight is 361 g/mol. The van der Waals surface area contributed by atoms with Crippen LogP contribution in [0.15, 0.2) is 22.7 Å². The Morgan fingerprint density at radius 3 is 2.75 bits per heavy atom. The molecule has 1 heterocycles. The number of nitrogens with zero attached hydrogens (tertiary/aromatic N) is 2. The highest BCUT2D eigenvalue weighted by molar-refractivity contribution is 9.10. The van der Waals surface area contributed by atoms with Crippen molar-refractivity contribution < 1.29 is 4.39 Å². The minimum absolute atomic E-state index is 0.0978. The molecule has 2 aromatic rings. The summed E-state index contributed by atoms with van der Waals surface area (Å²) in [5, 5.41) is 7.63. The van der Waals surface area contributed by atoms with Crippen LogP contribution in [0.1, 0.15) is 29.9 Å². The summed E-state index contributed by atoms with van der Waals surface area (Å²) in [6, 6.07) is 5.17. The van der Waals surface area contributed by atoms with E-state index in [0.29, 0.717) is 10.0 Å². The number of nitrogens with one attached hydrogen (secondary N) is 1. The van der Waals surface area contributed by atoms with Gasteiger partial charge in [-0.05, 0) is 41.5 Å². The van der Waals surface area contributed by atoms with Crippen LogP contribution in [0.5, 0.6) is 0 Å². The molecule has 1 N–H and O–H groups in total. The number of benzene rings is 1. The molecule has 108 valence electrons. The normalized spacial score (nSPS) is 12.7. The van der Waals surface area contributed by atoms with Gasteiger partial charge in [0.1, 0.15) is 5.82 Å². The number of halogens is 3. The molecule has 0 amide bonds. The van der Waals surface area contributed by atoms with Crippen molar-refractivity contribution in [1.82, 2.24) is 15.1 Å². The van der Waals surface area contributed by atoms with Crippen molar-refractivity contribution in [2.24, 2.45) is 7.05 Å². The summed E-state index contributed by atoms with van der Waals surface area (Å²) in [6.07, 6.45) is 0.841. The zero-order valence-electron chi connectivity index (χ0n) is 11.5. The van der Waals surface area contributed by atoms with Gasteiger partial charge in [-0.15, -0.1) is 0 Å². The molecule has 1 aromatic heterocycles. The van der Waals surface area contributed by atoms with Crippen molar-refractivity contribution in [3.8, 4) is 0 Å². The van der Waals surface area contributed by atoms with Gasteiger partial charge in [0, 0.05) is 17.1 Å². The number of aryl methyl sites for hydroxylation is 2. The molecule has 3 nitrogen and oxygen atoms in total. The van der Waals surface area contributed by atoms with Gasteiger partial charge in [-0.3, -0.25) is 4.68 Å². The third-order valence-corrected chi connectivity index (χ3v) is 4.55. The van der Waals surface area contributed by atoms with E-state index < -0.39 is 5.82 Å². The third kappa shape index (κ3) is 2.75. The maximum absolute atomic E-state index is 14.4. The fourth-order valence-corrected chi connectivity index (χ4v) is 2.69. The van der Waals surface area contributed by atoms with Crippen LogP contribution >= 0.6 is 27.5 Å². The first-order valence-electron chi connectivity index (χ1n) is 6.33. The van der Waals surface area contributed by atoms with Gasteiger partial charge in [0.15, 0.2) is 0 Å². The van der Waals surface area contributed by atoms with Gasteiger partial charge in [-0.2, -0.15) is 5.10 Å². The second-order valence-electron chi connectivity index (χ2n) is 4.52. The Bertz CT molecular complexity index is 627. The van der Waals surface area contributed by atoms with Crippen LogP contribution in [0.3, 0.4) is 0 Å². The Labute approximate surface area is 131 Å². The van der Waals surface area contributed by atoms with E-state index in [0.717, 1.165) is 17.8 Å². The Morgan fingerprint density at radius 2 is 2.20 bits per heavy atom. The van der Waals surface area contributed by atoms with Crippen molar-refractivity contribution in [2.75, 3.05) is 7.05 Å². The first kappa shape index (κ1) is 15.5. The molecular formula is C14H16BrClFN3.